The van der Waals surface area contributed by atoms with Crippen LogP contribution in [0.2, 0.25) is 0 Å². The molecule has 0 radical (unpaired) electrons. The molecule has 1 heterocycles. The lowest BCUT2D eigenvalue weighted by atomic mass is 10.2. The fraction of sp³-hybridized carbons (Fsp3) is 0.357. The number of nitrogens with zero attached hydrogens (tertiary/aromatic N) is 3. The van der Waals surface area contributed by atoms with Crippen molar-refractivity contribution < 1.29 is 9.18 Å². The molecule has 2 rings (SSSR count). The summed E-state index contributed by atoms with van der Waals surface area (Å²) in [6.45, 7) is 4.34. The van der Waals surface area contributed by atoms with E-state index in [-0.39, 0.29) is 11.6 Å². The summed E-state index contributed by atoms with van der Waals surface area (Å²) >= 11 is 0. The van der Waals surface area contributed by atoms with E-state index in [0.717, 1.165) is 11.6 Å². The fourth-order valence-electron chi connectivity index (χ4n) is 2.01. The number of halogens is 1. The fourth-order valence-corrected chi connectivity index (χ4v) is 2.01. The summed E-state index contributed by atoms with van der Waals surface area (Å²) in [6.07, 6.45) is 0.988. The molecule has 0 saturated carbocycles. The molecule has 1 aromatic carbocycles. The van der Waals surface area contributed by atoms with E-state index in [1.807, 2.05) is 13.8 Å². The number of hydrogen-bond donors (Lipinski definition) is 2. The van der Waals surface area contributed by atoms with Crippen LogP contribution in [-0.2, 0) is 11.3 Å². The molecule has 0 unspecified atom stereocenters. The van der Waals surface area contributed by atoms with Crippen molar-refractivity contribution >= 4 is 17.3 Å². The van der Waals surface area contributed by atoms with Gasteiger partial charge >= 0.3 is 0 Å². The third-order valence-electron chi connectivity index (χ3n) is 3.02. The number of nitrogens with two attached hydrogens (primary N) is 1. The Kier molecular flexibility index (Phi) is 4.52. The van der Waals surface area contributed by atoms with E-state index in [1.54, 1.807) is 4.68 Å². The highest BCUT2D eigenvalue weighted by Crippen LogP contribution is 2.16. The van der Waals surface area contributed by atoms with E-state index in [0.29, 0.717) is 25.1 Å². The largest absolute Gasteiger partial charge is 0.396 e. The van der Waals surface area contributed by atoms with Crippen LogP contribution in [0.15, 0.2) is 18.2 Å². The highest BCUT2D eigenvalue weighted by Gasteiger charge is 2.06. The van der Waals surface area contributed by atoms with E-state index < -0.39 is 5.82 Å². The smallest absolute Gasteiger partial charge is 0.224 e. The molecule has 21 heavy (non-hydrogen) atoms. The number of carbonyl (C=O) groups excluding carboxylic acids is 1. The molecule has 112 valence electrons. The van der Waals surface area contributed by atoms with E-state index in [9.17, 15) is 9.18 Å². The molecular weight excluding hydrogens is 273 g/mol. The lowest BCUT2D eigenvalue weighted by Crippen LogP contribution is -2.13. The second-order valence-electron chi connectivity index (χ2n) is 4.82. The molecule has 0 aliphatic heterocycles. The predicted molar refractivity (Wildman–Crippen MR) is 78.2 cm³/mol. The first-order chi connectivity index (χ1) is 9.95. The molecule has 7 heteroatoms. The molecule has 0 fully saturated rings. The Morgan fingerprint density at radius 1 is 1.43 bits per heavy atom. The minimum atomic E-state index is -0.495. The summed E-state index contributed by atoms with van der Waals surface area (Å²) in [4.78, 5) is 16.0. The molecule has 0 saturated heterocycles. The van der Waals surface area contributed by atoms with E-state index in [4.69, 9.17) is 5.73 Å². The van der Waals surface area contributed by atoms with Gasteiger partial charge in [0, 0.05) is 18.7 Å². The van der Waals surface area contributed by atoms with E-state index >= 15 is 0 Å². The van der Waals surface area contributed by atoms with Crippen molar-refractivity contribution in [2.75, 3.05) is 11.1 Å². The van der Waals surface area contributed by atoms with Gasteiger partial charge in [-0.2, -0.15) is 5.10 Å². The van der Waals surface area contributed by atoms with Gasteiger partial charge in [-0.3, -0.25) is 9.48 Å². The molecule has 0 spiro atoms. The molecule has 0 aliphatic rings. The maximum absolute atomic E-state index is 13.0. The van der Waals surface area contributed by atoms with Gasteiger partial charge in [-0.05, 0) is 38.5 Å². The summed E-state index contributed by atoms with van der Waals surface area (Å²) in [5, 5.41) is 6.91. The number of aromatic nitrogens is 3. The Labute approximate surface area is 122 Å². The number of hydrogen-bond acceptors (Lipinski definition) is 4. The summed E-state index contributed by atoms with van der Waals surface area (Å²) in [5.74, 6) is 0.915. The zero-order chi connectivity index (χ0) is 15.4. The van der Waals surface area contributed by atoms with E-state index in [1.165, 1.54) is 18.2 Å². The van der Waals surface area contributed by atoms with Gasteiger partial charge in [0.2, 0.25) is 5.91 Å². The standard InChI is InChI=1S/C14H18FN5O/c1-9-17-10(2)20(19-9)7-3-4-14(21)18-11-5-6-12(15)13(16)8-11/h5-6,8H,3-4,7,16H2,1-2H3,(H,18,21). The SMILES string of the molecule is Cc1nc(C)n(CCCC(=O)Nc2ccc(F)c(N)c2)n1. The Balaban J connectivity index is 1.82. The van der Waals surface area contributed by atoms with Crippen LogP contribution < -0.4 is 11.1 Å². The summed E-state index contributed by atoms with van der Waals surface area (Å²) in [6, 6.07) is 4.11. The molecule has 0 atom stereocenters. The lowest BCUT2D eigenvalue weighted by molar-refractivity contribution is -0.116. The third-order valence-corrected chi connectivity index (χ3v) is 3.02. The zero-order valence-corrected chi connectivity index (χ0v) is 12.1. The lowest BCUT2D eigenvalue weighted by Gasteiger charge is -2.07. The van der Waals surface area contributed by atoms with Crippen LogP contribution >= 0.6 is 0 Å². The highest BCUT2D eigenvalue weighted by atomic mass is 19.1. The number of amides is 1. The quantitative estimate of drug-likeness (QED) is 0.825. The van der Waals surface area contributed by atoms with Gasteiger partial charge in [0.15, 0.2) is 0 Å². The van der Waals surface area contributed by atoms with Gasteiger partial charge in [0.05, 0.1) is 5.69 Å². The normalized spacial score (nSPS) is 10.6. The average Bonchev–Trinajstić information content (AvgIpc) is 2.72. The minimum Gasteiger partial charge on any atom is -0.396 e. The first kappa shape index (κ1) is 15.0. The Morgan fingerprint density at radius 2 is 2.19 bits per heavy atom. The average molecular weight is 291 g/mol. The topological polar surface area (TPSA) is 85.8 Å². The van der Waals surface area contributed by atoms with Crippen molar-refractivity contribution in [1.29, 1.82) is 0 Å². The van der Waals surface area contributed by atoms with Crippen LogP contribution in [-0.4, -0.2) is 20.7 Å². The summed E-state index contributed by atoms with van der Waals surface area (Å²) in [5.41, 5.74) is 5.95. The molecule has 6 nitrogen and oxygen atoms in total. The molecule has 0 bridgehead atoms. The van der Waals surface area contributed by atoms with Crippen molar-refractivity contribution in [2.24, 2.45) is 0 Å². The maximum Gasteiger partial charge on any atom is 0.224 e. The number of anilines is 2. The van der Waals surface area contributed by atoms with Crippen molar-refractivity contribution in [3.8, 4) is 0 Å². The number of carbonyl (C=O) groups is 1. The van der Waals surface area contributed by atoms with E-state index in [2.05, 4.69) is 15.4 Å². The van der Waals surface area contributed by atoms with Crippen LogP contribution in [0.5, 0.6) is 0 Å². The van der Waals surface area contributed by atoms with Crippen LogP contribution in [0.1, 0.15) is 24.5 Å². The minimum absolute atomic E-state index is 0.0153. The van der Waals surface area contributed by atoms with Crippen LogP contribution in [0.25, 0.3) is 0 Å². The third kappa shape index (κ3) is 4.01. The van der Waals surface area contributed by atoms with Crippen molar-refractivity contribution in [3.63, 3.8) is 0 Å². The summed E-state index contributed by atoms with van der Waals surface area (Å²) in [7, 11) is 0. The van der Waals surface area contributed by atoms with Gasteiger partial charge < -0.3 is 11.1 Å². The maximum atomic E-state index is 13.0. The molecule has 1 aromatic heterocycles. The zero-order valence-electron chi connectivity index (χ0n) is 12.1. The van der Waals surface area contributed by atoms with Gasteiger partial charge in [-0.15, -0.1) is 0 Å². The second-order valence-corrected chi connectivity index (χ2v) is 4.82. The van der Waals surface area contributed by atoms with Gasteiger partial charge in [-0.25, -0.2) is 9.37 Å². The Morgan fingerprint density at radius 3 is 2.81 bits per heavy atom. The van der Waals surface area contributed by atoms with Crippen molar-refractivity contribution in [3.05, 3.63) is 35.7 Å². The Hall–Kier alpha value is -2.44. The second kappa shape index (κ2) is 6.34. The summed E-state index contributed by atoms with van der Waals surface area (Å²) < 4.78 is 14.8. The van der Waals surface area contributed by atoms with Crippen LogP contribution in [0.3, 0.4) is 0 Å². The first-order valence-electron chi connectivity index (χ1n) is 6.68. The predicted octanol–water partition coefficient (Wildman–Crippen LogP) is 2.04. The number of benzene rings is 1. The number of rotatable bonds is 5. The molecule has 0 aliphatic carbocycles. The number of nitrogen functional groups attached to an aromatic ring is 1. The monoisotopic (exact) mass is 291 g/mol. The molecule has 2 aromatic rings. The highest BCUT2D eigenvalue weighted by molar-refractivity contribution is 5.91. The van der Waals surface area contributed by atoms with Crippen molar-refractivity contribution in [2.45, 2.75) is 33.2 Å². The molecule has 1 amide bonds. The number of aryl methyl sites for hydroxylation is 3. The van der Waals surface area contributed by atoms with Crippen LogP contribution in [0, 0.1) is 19.7 Å². The van der Waals surface area contributed by atoms with Crippen molar-refractivity contribution in [1.82, 2.24) is 14.8 Å². The van der Waals surface area contributed by atoms with Crippen LogP contribution in [0.4, 0.5) is 15.8 Å². The molecular formula is C14H18FN5O. The number of nitrogens with one attached hydrogen (secondary N) is 1. The van der Waals surface area contributed by atoms with Gasteiger partial charge in [0.25, 0.3) is 0 Å². The Bertz CT molecular complexity index is 653. The first-order valence-corrected chi connectivity index (χ1v) is 6.68. The van der Waals surface area contributed by atoms with Gasteiger partial charge in [-0.1, -0.05) is 0 Å². The van der Waals surface area contributed by atoms with Gasteiger partial charge in [0.1, 0.15) is 17.5 Å². The molecule has 3 N–H and O–H groups in total.